The van der Waals surface area contributed by atoms with Crippen LogP contribution in [0.5, 0.6) is 5.75 Å². The molecule has 2 aliphatic carbocycles. The van der Waals surface area contributed by atoms with Gasteiger partial charge in [-0.25, -0.2) is 4.79 Å². The second kappa shape index (κ2) is 12.2. The Balaban J connectivity index is 0.00000423. The van der Waals surface area contributed by atoms with Crippen LogP contribution in [-0.4, -0.2) is 94.1 Å². The zero-order valence-electron chi connectivity index (χ0n) is 23.6. The van der Waals surface area contributed by atoms with Gasteiger partial charge in [-0.2, -0.15) is 0 Å². The van der Waals surface area contributed by atoms with Gasteiger partial charge in [0.25, 0.3) is 0 Å². The standard InChI is InChI=1S/C29H37N3O10.CH4/c1-15(40-22(36)8-11-31-26(37)18(30)5-6-21(34)35)27(38)41-19-7-9-29(39)20-13-16-3-4-17(14-33)24-23(16)28(29,25(19)42-24)10-12-32(20)2;/h3-4,7,15,18,20,25,33,39H,5-6,8-14,30H2,1-2H3,(H,31,37)(H,34,35);1H4/t15-,18-,20+,25-,28-,29+;/m0./s1. The molecule has 2 heterocycles. The molecule has 43 heavy (non-hydrogen) atoms. The maximum Gasteiger partial charge on any atom is 0.352 e. The minimum atomic E-state index is -1.27. The molecule has 5 rings (SSSR count). The van der Waals surface area contributed by atoms with E-state index in [2.05, 4.69) is 10.2 Å². The van der Waals surface area contributed by atoms with Crippen LogP contribution in [0.3, 0.4) is 0 Å². The van der Waals surface area contributed by atoms with E-state index in [1.165, 1.54) is 6.92 Å². The number of aliphatic hydroxyl groups excluding tert-OH is 1. The SMILES string of the molecule is C.C[C@H](OC(=O)CCNC(=O)[C@@H](N)CCC(=O)O)C(=O)OC1=CC[C@@]2(O)[C@H]3Cc4ccc(CO)c5c4[C@@]2(CCN3C)[C@H]1O5. The van der Waals surface area contributed by atoms with Gasteiger partial charge in [-0.05, 0) is 51.4 Å². The van der Waals surface area contributed by atoms with E-state index in [1.807, 2.05) is 19.2 Å². The maximum atomic E-state index is 13.1. The molecule has 13 heteroatoms. The number of likely N-dealkylation sites (N-methyl/N-ethyl adjacent to an activating group) is 1. The summed E-state index contributed by atoms with van der Waals surface area (Å²) in [6, 6.07) is 2.60. The number of esters is 2. The number of aliphatic hydroxyl groups is 2. The summed E-state index contributed by atoms with van der Waals surface area (Å²) in [5, 5.41) is 33.4. The van der Waals surface area contributed by atoms with E-state index in [-0.39, 0.29) is 58.1 Å². The zero-order chi connectivity index (χ0) is 30.4. The lowest BCUT2D eigenvalue weighted by atomic mass is 9.50. The first-order valence-corrected chi connectivity index (χ1v) is 14.1. The second-order valence-electron chi connectivity index (χ2n) is 11.5. The number of benzene rings is 1. The highest BCUT2D eigenvalue weighted by Crippen LogP contribution is 2.64. The number of rotatable bonds is 11. The van der Waals surface area contributed by atoms with E-state index in [0.717, 1.165) is 11.1 Å². The van der Waals surface area contributed by atoms with Crippen molar-refractivity contribution in [3.63, 3.8) is 0 Å². The number of piperidine rings is 1. The van der Waals surface area contributed by atoms with Gasteiger partial charge >= 0.3 is 17.9 Å². The Kier molecular flexibility index (Phi) is 9.21. The predicted octanol–water partition coefficient (Wildman–Crippen LogP) is 0.266. The third-order valence-electron chi connectivity index (χ3n) is 9.12. The summed E-state index contributed by atoms with van der Waals surface area (Å²) < 4.78 is 17.4. The fourth-order valence-corrected chi connectivity index (χ4v) is 6.96. The van der Waals surface area contributed by atoms with Crippen molar-refractivity contribution in [3.8, 4) is 5.75 Å². The zero-order valence-corrected chi connectivity index (χ0v) is 23.6. The molecule has 1 saturated heterocycles. The Morgan fingerprint density at radius 1 is 1.26 bits per heavy atom. The second-order valence-corrected chi connectivity index (χ2v) is 11.5. The molecular formula is C30H41N3O10. The van der Waals surface area contributed by atoms with Crippen LogP contribution in [0.1, 0.15) is 63.1 Å². The average Bonchev–Trinajstić information content (AvgIpc) is 3.30. The summed E-state index contributed by atoms with van der Waals surface area (Å²) in [6.07, 6.45) is 0.470. The normalized spacial score (nSPS) is 27.8. The highest BCUT2D eigenvalue weighted by Gasteiger charge is 2.71. The van der Waals surface area contributed by atoms with E-state index in [1.54, 1.807) is 6.08 Å². The number of carbonyl (C=O) groups is 4. The van der Waals surface area contributed by atoms with Crippen molar-refractivity contribution in [2.24, 2.45) is 5.73 Å². The fraction of sp³-hybridized carbons (Fsp3) is 0.600. The van der Waals surface area contributed by atoms with E-state index in [9.17, 15) is 29.4 Å². The number of hydrogen-bond donors (Lipinski definition) is 5. The molecule has 1 spiro atoms. The molecule has 1 fully saturated rings. The molecular weight excluding hydrogens is 562 g/mol. The minimum Gasteiger partial charge on any atom is -0.481 e. The van der Waals surface area contributed by atoms with E-state index in [0.29, 0.717) is 30.7 Å². The van der Waals surface area contributed by atoms with Crippen molar-refractivity contribution in [1.82, 2.24) is 10.2 Å². The Morgan fingerprint density at radius 2 is 2.00 bits per heavy atom. The molecule has 2 aliphatic heterocycles. The molecule has 1 amide bonds. The lowest BCUT2D eigenvalue weighted by Crippen LogP contribution is -2.74. The van der Waals surface area contributed by atoms with Crippen LogP contribution in [0.15, 0.2) is 24.0 Å². The molecule has 1 aromatic carbocycles. The van der Waals surface area contributed by atoms with Gasteiger partial charge in [0, 0.05) is 36.6 Å². The maximum absolute atomic E-state index is 13.1. The number of carboxylic acid groups (broad SMARTS) is 1. The molecule has 1 aromatic rings. The van der Waals surface area contributed by atoms with Crippen LogP contribution in [0.25, 0.3) is 0 Å². The Labute approximate surface area is 250 Å². The van der Waals surface area contributed by atoms with Gasteiger partial charge in [0.05, 0.1) is 30.1 Å². The van der Waals surface area contributed by atoms with Crippen molar-refractivity contribution in [1.29, 1.82) is 0 Å². The van der Waals surface area contributed by atoms with Gasteiger partial charge in [0.2, 0.25) is 5.91 Å². The molecule has 6 N–H and O–H groups in total. The van der Waals surface area contributed by atoms with Crippen LogP contribution in [0.4, 0.5) is 0 Å². The van der Waals surface area contributed by atoms with Crippen LogP contribution >= 0.6 is 0 Å². The van der Waals surface area contributed by atoms with Crippen LogP contribution in [-0.2, 0) is 47.1 Å². The van der Waals surface area contributed by atoms with Crippen LogP contribution in [0, 0.1) is 0 Å². The third kappa shape index (κ3) is 5.39. The lowest BCUT2D eigenvalue weighted by Gasteiger charge is -2.61. The highest BCUT2D eigenvalue weighted by atomic mass is 16.6. The largest absolute Gasteiger partial charge is 0.481 e. The molecule has 6 atom stereocenters. The van der Waals surface area contributed by atoms with E-state index in [4.69, 9.17) is 25.1 Å². The van der Waals surface area contributed by atoms with E-state index >= 15 is 0 Å². The first-order chi connectivity index (χ1) is 19.9. The minimum absolute atomic E-state index is 0. The molecule has 0 aromatic heterocycles. The van der Waals surface area contributed by atoms with Crippen molar-refractivity contribution in [3.05, 3.63) is 40.7 Å². The van der Waals surface area contributed by atoms with Crippen LogP contribution < -0.4 is 15.8 Å². The number of amides is 1. The summed E-state index contributed by atoms with van der Waals surface area (Å²) in [6.45, 7) is 1.72. The summed E-state index contributed by atoms with van der Waals surface area (Å²) in [4.78, 5) is 50.1. The highest BCUT2D eigenvalue weighted by molar-refractivity contribution is 5.83. The number of nitrogens with zero attached hydrogens (tertiary/aromatic N) is 1. The molecule has 236 valence electrons. The van der Waals surface area contributed by atoms with Gasteiger partial charge in [-0.1, -0.05) is 19.6 Å². The third-order valence-corrected chi connectivity index (χ3v) is 9.12. The number of likely N-dealkylation sites (tertiary alicyclic amines) is 1. The van der Waals surface area contributed by atoms with Gasteiger partial charge < -0.3 is 45.5 Å². The first kappa shape index (κ1) is 32.4. The molecule has 4 aliphatic rings. The van der Waals surface area contributed by atoms with Crippen molar-refractivity contribution in [2.45, 2.75) is 94.8 Å². The number of nitrogens with one attached hydrogen (secondary N) is 1. The fourth-order valence-electron chi connectivity index (χ4n) is 6.96. The van der Waals surface area contributed by atoms with E-state index < -0.39 is 53.1 Å². The number of carboxylic acids is 1. The lowest BCUT2D eigenvalue weighted by molar-refractivity contribution is -0.175. The molecule has 2 bridgehead atoms. The summed E-state index contributed by atoms with van der Waals surface area (Å²) in [7, 11) is 1.99. The Bertz CT molecular complexity index is 1330. The number of nitrogens with two attached hydrogens (primary N) is 1. The van der Waals surface area contributed by atoms with Crippen molar-refractivity contribution < 1.29 is 48.7 Å². The average molecular weight is 604 g/mol. The smallest absolute Gasteiger partial charge is 0.352 e. The summed E-state index contributed by atoms with van der Waals surface area (Å²) in [5.74, 6) is -2.49. The van der Waals surface area contributed by atoms with Gasteiger partial charge in [0.15, 0.2) is 12.2 Å². The van der Waals surface area contributed by atoms with Crippen LogP contribution in [0.2, 0.25) is 0 Å². The number of aliphatic carboxylic acids is 1. The van der Waals surface area contributed by atoms with Crippen molar-refractivity contribution in [2.75, 3.05) is 20.1 Å². The van der Waals surface area contributed by atoms with Gasteiger partial charge in [-0.3, -0.25) is 14.4 Å². The number of hydrogen-bond acceptors (Lipinski definition) is 11. The summed E-state index contributed by atoms with van der Waals surface area (Å²) >= 11 is 0. The van der Waals surface area contributed by atoms with Gasteiger partial charge in [-0.15, -0.1) is 0 Å². The molecule has 0 saturated carbocycles. The van der Waals surface area contributed by atoms with Gasteiger partial charge in [0.1, 0.15) is 11.5 Å². The molecule has 0 unspecified atom stereocenters. The topological polar surface area (TPSA) is 198 Å². The molecule has 0 radical (unpaired) electrons. The monoisotopic (exact) mass is 603 g/mol. The number of carbonyl (C=O) groups excluding carboxylic acids is 3. The first-order valence-electron chi connectivity index (χ1n) is 14.1. The number of ether oxygens (including phenoxy) is 3. The summed E-state index contributed by atoms with van der Waals surface area (Å²) in [5.41, 5.74) is 6.10. The Hall–Kier alpha value is -3.52. The Morgan fingerprint density at radius 3 is 2.70 bits per heavy atom. The molecule has 13 nitrogen and oxygen atoms in total. The predicted molar refractivity (Wildman–Crippen MR) is 152 cm³/mol. The van der Waals surface area contributed by atoms with Crippen molar-refractivity contribution >= 4 is 23.8 Å². The quantitative estimate of drug-likeness (QED) is 0.217.